The van der Waals surface area contributed by atoms with Crippen LogP contribution in [0.15, 0.2) is 18.2 Å². The Kier molecular flexibility index (Phi) is 35.3. The van der Waals surface area contributed by atoms with Gasteiger partial charge in [-0.05, 0) is 23.8 Å². The molecule has 5 N–H and O–H groups in total. The van der Waals surface area contributed by atoms with Crippen LogP contribution in [-0.2, 0) is 125 Å². The van der Waals surface area contributed by atoms with Gasteiger partial charge in [-0.1, -0.05) is 0 Å². The monoisotopic (exact) mass is 1300 g/mol. The molecule has 4 unspecified atom stereocenters. The number of carbonyl (C=O) groups is 11. The van der Waals surface area contributed by atoms with Crippen LogP contribution in [-0.4, -0.2) is 252 Å². The van der Waals surface area contributed by atoms with Crippen molar-refractivity contribution in [3.63, 3.8) is 0 Å². The molecule has 10 atom stereocenters. The molecule has 35 heteroatoms. The van der Waals surface area contributed by atoms with E-state index in [1.54, 1.807) is 5.32 Å². The highest BCUT2D eigenvalue weighted by Crippen LogP contribution is 2.30. The van der Waals surface area contributed by atoms with Crippen molar-refractivity contribution in [1.82, 2.24) is 26.6 Å². The van der Waals surface area contributed by atoms with Gasteiger partial charge in [-0.25, -0.2) is 0 Å². The minimum Gasteiger partial charge on any atom is -0.463 e. The van der Waals surface area contributed by atoms with Crippen molar-refractivity contribution in [3.05, 3.63) is 34.9 Å². The summed E-state index contributed by atoms with van der Waals surface area (Å²) < 4.78 is 127. The molecule has 2 saturated heterocycles. The van der Waals surface area contributed by atoms with Crippen LogP contribution < -0.4 is 26.6 Å². The van der Waals surface area contributed by atoms with E-state index in [9.17, 15) is 65.9 Å². The number of hydrogen-bond donors (Lipinski definition) is 5. The number of nitrogens with one attached hydrogen (secondary N) is 5. The molecule has 508 valence electrons. The first-order chi connectivity index (χ1) is 42.7. The molecular formula is C55H80F3N5O27. The van der Waals surface area contributed by atoms with E-state index in [0.717, 1.165) is 41.5 Å². The number of hydrogen-bond acceptors (Lipinski definition) is 27. The molecule has 1 aromatic rings. The van der Waals surface area contributed by atoms with E-state index in [1.165, 1.54) is 32.0 Å². The molecular weight excluding hydrogens is 1220 g/mol. The Balaban J connectivity index is 1.38. The minimum atomic E-state index is -5.19. The fourth-order valence-corrected chi connectivity index (χ4v) is 8.41. The summed E-state index contributed by atoms with van der Waals surface area (Å²) in [6.07, 6.45) is -15.2. The molecule has 1 aromatic carbocycles. The average Bonchev–Trinajstić information content (AvgIpc) is 0.823. The molecule has 2 aliphatic rings. The normalized spacial score (nSPS) is 21.3. The minimum absolute atomic E-state index is 0.00378. The number of ether oxygens (including phenoxy) is 16. The van der Waals surface area contributed by atoms with Gasteiger partial charge >= 0.3 is 47.9 Å². The highest BCUT2D eigenvalue weighted by molar-refractivity contribution is 6.00. The summed E-state index contributed by atoms with van der Waals surface area (Å²) in [4.78, 5) is 133. The van der Waals surface area contributed by atoms with Crippen molar-refractivity contribution < 1.29 is 142 Å². The van der Waals surface area contributed by atoms with Gasteiger partial charge in [0.15, 0.2) is 37.0 Å². The molecule has 0 aromatic heterocycles. The van der Waals surface area contributed by atoms with Crippen molar-refractivity contribution in [2.45, 2.75) is 129 Å². The van der Waals surface area contributed by atoms with Gasteiger partial charge in [-0.2, -0.15) is 13.2 Å². The van der Waals surface area contributed by atoms with E-state index in [-0.39, 0.29) is 122 Å². The summed E-state index contributed by atoms with van der Waals surface area (Å²) in [5.74, 6) is -9.11. The first-order valence-corrected chi connectivity index (χ1v) is 28.2. The van der Waals surface area contributed by atoms with E-state index in [2.05, 4.69) is 21.3 Å². The second-order valence-electron chi connectivity index (χ2n) is 19.5. The van der Waals surface area contributed by atoms with E-state index < -0.39 is 153 Å². The van der Waals surface area contributed by atoms with Crippen molar-refractivity contribution in [2.24, 2.45) is 0 Å². The molecule has 90 heavy (non-hydrogen) atoms. The number of carbonyl (C=O) groups excluding carboxylic acids is 11. The fraction of sp³-hybridized carbons (Fsp3) is 0.691. The summed E-state index contributed by atoms with van der Waals surface area (Å²) >= 11 is 0. The molecule has 0 bridgehead atoms. The maximum Gasteiger partial charge on any atom is 0.471 e. The lowest BCUT2D eigenvalue weighted by Crippen LogP contribution is -2.66. The Morgan fingerprint density at radius 3 is 1.06 bits per heavy atom. The van der Waals surface area contributed by atoms with Crippen LogP contribution in [0.4, 0.5) is 13.2 Å². The number of halogens is 3. The second-order valence-corrected chi connectivity index (χ2v) is 19.5. The number of amides is 5. The van der Waals surface area contributed by atoms with Crippen LogP contribution in [0.1, 0.15) is 81.7 Å². The number of esters is 6. The summed E-state index contributed by atoms with van der Waals surface area (Å²) in [6.45, 7) is 8.33. The highest BCUT2D eigenvalue weighted by atomic mass is 19.4. The molecule has 0 radical (unpaired) electrons. The van der Waals surface area contributed by atoms with Gasteiger partial charge in [-0.3, -0.25) is 52.7 Å². The highest BCUT2D eigenvalue weighted by Gasteiger charge is 2.53. The Hall–Kier alpha value is -7.22. The zero-order valence-electron chi connectivity index (χ0n) is 51.1. The molecule has 2 heterocycles. The van der Waals surface area contributed by atoms with E-state index in [1.807, 2.05) is 0 Å². The van der Waals surface area contributed by atoms with Crippen LogP contribution >= 0.6 is 0 Å². The average molecular weight is 1300 g/mol. The molecule has 32 nitrogen and oxygen atoms in total. The van der Waals surface area contributed by atoms with Crippen molar-refractivity contribution >= 4 is 65.4 Å². The standard InChI is InChI=1S/C55H80F3N5O27/c1-31(64)62-44-48(87-37(7)70)46(85-35(5)68)42(29-83-33(3)66)89-52(44)81-23-21-79-19-17-77-15-13-75-11-9-59-50(72)40-25-39(28-61-54(74)55(56,57)58)26-41(27-40)51(73)60-10-12-76-14-16-78-18-20-80-22-24-82-53-45(63-32(2)65)49(88-38(8)71)47(86-36(6)69)43(90-53)30-84-34(4)67/h25-27,42-49,52-53H,9-24,28-30H2,1-8H3,(H,59,72)(H,60,73)(H,61,74)(H,62,64)(H,63,65)/t42-,43-,44?,45?,46+,47+,48-,49-,52?,53?/m1/s1. The van der Waals surface area contributed by atoms with Crippen LogP contribution in [0, 0.1) is 0 Å². The molecule has 2 aliphatic heterocycles. The van der Waals surface area contributed by atoms with Gasteiger partial charge in [0.2, 0.25) is 11.8 Å². The van der Waals surface area contributed by atoms with Gasteiger partial charge in [0.05, 0.1) is 92.5 Å². The van der Waals surface area contributed by atoms with E-state index in [4.69, 9.17) is 75.8 Å². The molecule has 0 aliphatic carbocycles. The summed E-state index contributed by atoms with van der Waals surface area (Å²) in [7, 11) is 0. The lowest BCUT2D eigenvalue weighted by Gasteiger charge is -2.44. The Labute approximate surface area is 515 Å². The van der Waals surface area contributed by atoms with Crippen molar-refractivity contribution in [2.75, 3.05) is 119 Å². The topological polar surface area (TPSA) is 396 Å². The van der Waals surface area contributed by atoms with Crippen molar-refractivity contribution in [3.8, 4) is 0 Å². The predicted molar refractivity (Wildman–Crippen MR) is 294 cm³/mol. The third-order valence-corrected chi connectivity index (χ3v) is 11.9. The Morgan fingerprint density at radius 2 is 0.744 bits per heavy atom. The van der Waals surface area contributed by atoms with Gasteiger partial charge in [-0.15, -0.1) is 0 Å². The number of alkyl halides is 3. The Bertz CT molecular complexity index is 2360. The summed E-state index contributed by atoms with van der Waals surface area (Å²) in [5.41, 5.74) is -0.205. The third kappa shape index (κ3) is 30.5. The smallest absolute Gasteiger partial charge is 0.463 e. The van der Waals surface area contributed by atoms with Crippen LogP contribution in [0.3, 0.4) is 0 Å². The fourth-order valence-electron chi connectivity index (χ4n) is 8.41. The third-order valence-electron chi connectivity index (χ3n) is 11.9. The second kappa shape index (κ2) is 41.2. The maximum atomic E-state index is 13.2. The number of rotatable bonds is 40. The lowest BCUT2D eigenvalue weighted by atomic mass is 9.96. The quantitative estimate of drug-likeness (QED) is 0.0292. The molecule has 5 amide bonds. The van der Waals surface area contributed by atoms with Gasteiger partial charge < -0.3 is 102 Å². The summed E-state index contributed by atoms with van der Waals surface area (Å²) in [6, 6.07) is 1.33. The Morgan fingerprint density at radius 1 is 0.422 bits per heavy atom. The predicted octanol–water partition coefficient (Wildman–Crippen LogP) is -1.23. The first-order valence-electron chi connectivity index (χ1n) is 28.2. The van der Waals surface area contributed by atoms with Gasteiger partial charge in [0.1, 0.15) is 37.5 Å². The number of benzene rings is 1. The van der Waals surface area contributed by atoms with Crippen LogP contribution in [0.25, 0.3) is 0 Å². The molecule has 0 saturated carbocycles. The lowest BCUT2D eigenvalue weighted by molar-refractivity contribution is -0.279. The van der Waals surface area contributed by atoms with Crippen molar-refractivity contribution in [1.29, 1.82) is 0 Å². The van der Waals surface area contributed by atoms with Crippen LogP contribution in [0.2, 0.25) is 0 Å². The van der Waals surface area contributed by atoms with E-state index >= 15 is 0 Å². The van der Waals surface area contributed by atoms with Gasteiger partial charge in [0, 0.05) is 86.2 Å². The van der Waals surface area contributed by atoms with Gasteiger partial charge in [0.25, 0.3) is 11.8 Å². The first kappa shape index (κ1) is 77.0. The zero-order valence-corrected chi connectivity index (χ0v) is 51.1. The zero-order chi connectivity index (χ0) is 66.8. The molecule has 0 spiro atoms. The molecule has 3 rings (SSSR count). The largest absolute Gasteiger partial charge is 0.471 e. The molecule has 2 fully saturated rings. The van der Waals surface area contributed by atoms with Crippen LogP contribution in [0.5, 0.6) is 0 Å². The SMILES string of the molecule is CC(=O)NC1C(OCCOCCOCCOCCNC(=O)c2cc(CNC(=O)C(F)(F)F)cc(C(=O)NCCOCCOCCOCCOC3O[C@H](COC(C)=O)[C@H](OC(C)=O)[C@H](OC(C)=O)C3NC(C)=O)c2)O[C@H](COC(C)=O)[C@H](OC(C)=O)[C@@H]1OC(C)=O. The maximum absolute atomic E-state index is 13.2. The summed E-state index contributed by atoms with van der Waals surface area (Å²) in [5, 5.41) is 12.1. The van der Waals surface area contributed by atoms with E-state index in [0.29, 0.717) is 0 Å².